The monoisotopic (exact) mass is 507 g/mol. The van der Waals surface area contributed by atoms with Gasteiger partial charge in [0.15, 0.2) is 0 Å². The zero-order chi connectivity index (χ0) is 23.3. The number of thioether (sulfide) groups is 1. The number of fused-ring (bicyclic) bond motifs is 2. The van der Waals surface area contributed by atoms with E-state index in [0.29, 0.717) is 6.42 Å². The minimum absolute atomic E-state index is 0.0973. The second kappa shape index (κ2) is 11.0. The third-order valence-corrected chi connectivity index (χ3v) is 9.28. The van der Waals surface area contributed by atoms with E-state index in [1.807, 2.05) is 12.1 Å². The number of para-hydroxylation sites is 1. The lowest BCUT2D eigenvalue weighted by atomic mass is 10.0. The first-order chi connectivity index (χ1) is 16.7. The van der Waals surface area contributed by atoms with Crippen molar-refractivity contribution in [1.29, 1.82) is 0 Å². The molecule has 0 atom stereocenters. The first-order valence-corrected chi connectivity index (χ1v) is 14.5. The van der Waals surface area contributed by atoms with Crippen LogP contribution in [-0.2, 0) is 17.8 Å². The van der Waals surface area contributed by atoms with E-state index in [1.54, 1.807) is 34.4 Å². The molecule has 0 fully saturated rings. The average Bonchev–Trinajstić information content (AvgIpc) is 3.43. The smallest absolute Gasteiger partial charge is 0.225 e. The molecule has 0 bridgehead atoms. The third kappa shape index (κ3) is 5.38. The largest absolute Gasteiger partial charge is 0.317 e. The molecule has 4 aromatic rings. The maximum atomic E-state index is 12.9. The van der Waals surface area contributed by atoms with Crippen LogP contribution in [0.4, 0.5) is 5.00 Å². The lowest BCUT2D eigenvalue weighted by molar-refractivity contribution is -0.116. The van der Waals surface area contributed by atoms with Crippen molar-refractivity contribution in [1.82, 2.24) is 9.88 Å². The van der Waals surface area contributed by atoms with Gasteiger partial charge in [-0.1, -0.05) is 37.3 Å². The van der Waals surface area contributed by atoms with Crippen LogP contribution in [0, 0.1) is 0 Å². The maximum Gasteiger partial charge on any atom is 0.225 e. The first-order valence-electron chi connectivity index (χ1n) is 11.9. The molecule has 7 heteroatoms. The van der Waals surface area contributed by atoms with Crippen molar-refractivity contribution in [3.05, 3.63) is 65.0 Å². The predicted octanol–water partition coefficient (Wildman–Crippen LogP) is 7.30. The molecule has 2 aromatic heterocycles. The van der Waals surface area contributed by atoms with Crippen LogP contribution in [0.15, 0.2) is 59.5 Å². The van der Waals surface area contributed by atoms with E-state index in [2.05, 4.69) is 59.6 Å². The normalized spacial score (nSPS) is 13.8. The highest BCUT2D eigenvalue weighted by atomic mass is 32.2. The van der Waals surface area contributed by atoms with E-state index in [1.165, 1.54) is 20.0 Å². The molecule has 1 aliphatic heterocycles. The molecule has 1 N–H and O–H groups in total. The zero-order valence-electron chi connectivity index (χ0n) is 19.4. The van der Waals surface area contributed by atoms with Crippen molar-refractivity contribution in [2.24, 2.45) is 0 Å². The minimum Gasteiger partial charge on any atom is -0.317 e. The molecule has 4 nitrogen and oxygen atoms in total. The second-order valence-electron chi connectivity index (χ2n) is 8.53. The number of thiazole rings is 1. The Bertz CT molecular complexity index is 1230. The summed E-state index contributed by atoms with van der Waals surface area (Å²) in [6.45, 7) is 5.39. The van der Waals surface area contributed by atoms with E-state index < -0.39 is 0 Å². The number of amides is 1. The number of hydrogen-bond acceptors (Lipinski definition) is 6. The van der Waals surface area contributed by atoms with Gasteiger partial charge in [0, 0.05) is 34.8 Å². The van der Waals surface area contributed by atoms with Crippen molar-refractivity contribution in [3.8, 4) is 10.6 Å². The molecule has 1 amide bonds. The molecule has 0 saturated carbocycles. The summed E-state index contributed by atoms with van der Waals surface area (Å²) in [4.78, 5) is 23.0. The number of rotatable bonds is 9. The minimum atomic E-state index is 0.0973. The van der Waals surface area contributed by atoms with Gasteiger partial charge in [0.2, 0.25) is 5.91 Å². The Balaban J connectivity index is 1.33. The standard InChI is InChI=1S/C27H29N3OS3/c1-2-15-30-16-14-20-23(18-30)34-27(25(20)26-28-21-11-6-7-12-22(21)33-26)29-24(31)13-8-17-32-19-9-4-3-5-10-19/h3-7,9-12H,2,8,13-18H2,1H3,(H,29,31). The number of thiophene rings is 1. The molecular formula is C27H29N3OS3. The summed E-state index contributed by atoms with van der Waals surface area (Å²) in [6, 6.07) is 18.7. The summed E-state index contributed by atoms with van der Waals surface area (Å²) >= 11 is 5.28. The number of carbonyl (C=O) groups is 1. The lowest BCUT2D eigenvalue weighted by Crippen LogP contribution is -2.30. The highest BCUT2D eigenvalue weighted by Crippen LogP contribution is 2.45. The van der Waals surface area contributed by atoms with Gasteiger partial charge in [-0.2, -0.15) is 0 Å². The van der Waals surface area contributed by atoms with Crippen molar-refractivity contribution in [2.75, 3.05) is 24.2 Å². The summed E-state index contributed by atoms with van der Waals surface area (Å²) < 4.78 is 1.19. The highest BCUT2D eigenvalue weighted by molar-refractivity contribution is 7.99. The van der Waals surface area contributed by atoms with Gasteiger partial charge in [-0.3, -0.25) is 9.69 Å². The second-order valence-corrected chi connectivity index (χ2v) is 11.8. The molecule has 0 saturated heterocycles. The number of carbonyl (C=O) groups excluding carboxylic acids is 1. The number of aromatic nitrogens is 1. The predicted molar refractivity (Wildman–Crippen MR) is 147 cm³/mol. The van der Waals surface area contributed by atoms with Gasteiger partial charge in [0.25, 0.3) is 0 Å². The summed E-state index contributed by atoms with van der Waals surface area (Å²) in [5.41, 5.74) is 3.57. The van der Waals surface area contributed by atoms with Crippen LogP contribution >= 0.6 is 34.4 Å². The fraction of sp³-hybridized carbons (Fsp3) is 0.333. The number of anilines is 1. The molecule has 3 heterocycles. The Morgan fingerprint density at radius 1 is 1.12 bits per heavy atom. The third-order valence-electron chi connectivity index (χ3n) is 6.00. The summed E-state index contributed by atoms with van der Waals surface area (Å²) in [6.07, 6.45) is 3.57. The molecule has 5 rings (SSSR count). The van der Waals surface area contributed by atoms with Gasteiger partial charge in [-0.25, -0.2) is 4.98 Å². The van der Waals surface area contributed by atoms with Crippen LogP contribution in [0.2, 0.25) is 0 Å². The molecular weight excluding hydrogens is 479 g/mol. The van der Waals surface area contributed by atoms with E-state index >= 15 is 0 Å². The number of hydrogen-bond donors (Lipinski definition) is 1. The SMILES string of the molecule is CCCN1CCc2c(sc(NC(=O)CCCSc3ccccc3)c2-c2nc3ccccc3s2)C1. The first kappa shape index (κ1) is 23.5. The fourth-order valence-electron chi connectivity index (χ4n) is 4.39. The van der Waals surface area contributed by atoms with E-state index in [4.69, 9.17) is 4.98 Å². The lowest BCUT2D eigenvalue weighted by Gasteiger charge is -2.26. The Hall–Kier alpha value is -2.19. The molecule has 0 radical (unpaired) electrons. The zero-order valence-corrected chi connectivity index (χ0v) is 21.8. The quantitative estimate of drug-likeness (QED) is 0.191. The molecule has 2 aromatic carbocycles. The van der Waals surface area contributed by atoms with E-state index in [9.17, 15) is 4.79 Å². The van der Waals surface area contributed by atoms with Gasteiger partial charge in [0.1, 0.15) is 10.0 Å². The van der Waals surface area contributed by atoms with Crippen molar-refractivity contribution in [2.45, 2.75) is 44.0 Å². The molecule has 0 spiro atoms. The van der Waals surface area contributed by atoms with Crippen LogP contribution in [0.5, 0.6) is 0 Å². The summed E-state index contributed by atoms with van der Waals surface area (Å²) in [5.74, 6) is 1.04. The van der Waals surface area contributed by atoms with Crippen molar-refractivity contribution >= 4 is 55.6 Å². The Morgan fingerprint density at radius 2 is 1.94 bits per heavy atom. The van der Waals surface area contributed by atoms with Gasteiger partial charge >= 0.3 is 0 Å². The average molecular weight is 508 g/mol. The van der Waals surface area contributed by atoms with Gasteiger partial charge < -0.3 is 5.32 Å². The van der Waals surface area contributed by atoms with Crippen molar-refractivity contribution in [3.63, 3.8) is 0 Å². The maximum absolute atomic E-state index is 12.9. The summed E-state index contributed by atoms with van der Waals surface area (Å²) in [7, 11) is 0. The van der Waals surface area contributed by atoms with E-state index in [-0.39, 0.29) is 5.91 Å². The van der Waals surface area contributed by atoms with Crippen LogP contribution < -0.4 is 5.32 Å². The van der Waals surface area contributed by atoms with E-state index in [0.717, 1.165) is 65.7 Å². The van der Waals surface area contributed by atoms with Crippen LogP contribution in [0.25, 0.3) is 20.8 Å². The number of nitrogens with zero attached hydrogens (tertiary/aromatic N) is 2. The van der Waals surface area contributed by atoms with Crippen LogP contribution in [0.1, 0.15) is 36.6 Å². The molecule has 1 aliphatic rings. The molecule has 34 heavy (non-hydrogen) atoms. The Labute approximate surface area is 213 Å². The van der Waals surface area contributed by atoms with Gasteiger partial charge in [0.05, 0.1) is 10.2 Å². The molecule has 176 valence electrons. The summed E-state index contributed by atoms with van der Waals surface area (Å²) in [5, 5.41) is 5.28. The Kier molecular flexibility index (Phi) is 7.64. The Morgan fingerprint density at radius 3 is 2.76 bits per heavy atom. The van der Waals surface area contributed by atoms with Crippen LogP contribution in [0.3, 0.4) is 0 Å². The fourth-order valence-corrected chi connectivity index (χ4v) is 7.68. The molecule has 0 unspecified atom stereocenters. The van der Waals surface area contributed by atoms with Gasteiger partial charge in [-0.05, 0) is 61.4 Å². The highest BCUT2D eigenvalue weighted by Gasteiger charge is 2.27. The number of benzene rings is 2. The topological polar surface area (TPSA) is 45.2 Å². The van der Waals surface area contributed by atoms with Crippen molar-refractivity contribution < 1.29 is 4.79 Å². The van der Waals surface area contributed by atoms with Crippen LogP contribution in [-0.4, -0.2) is 34.6 Å². The molecule has 0 aliphatic carbocycles. The van der Waals surface area contributed by atoms with Gasteiger partial charge in [-0.15, -0.1) is 34.4 Å². The number of nitrogens with one attached hydrogen (secondary N) is 1.